The highest BCUT2D eigenvalue weighted by Crippen LogP contribution is 2.18. The number of ether oxygens (including phenoxy) is 1. The molecular formula is C21H33ClN4O3. The SMILES string of the molecule is CCOc1ccc(NC(=O)CN2CCCC(CNC(=O)C3CCCN3)C2)cc1.Cl. The largest absolute Gasteiger partial charge is 0.494 e. The van der Waals surface area contributed by atoms with Crippen LogP contribution in [0.1, 0.15) is 32.6 Å². The fourth-order valence-electron chi connectivity index (χ4n) is 3.94. The summed E-state index contributed by atoms with van der Waals surface area (Å²) in [7, 11) is 0. The molecule has 0 bridgehead atoms. The number of halogens is 1. The summed E-state index contributed by atoms with van der Waals surface area (Å²) in [6.07, 6.45) is 4.14. The van der Waals surface area contributed by atoms with Gasteiger partial charge in [0.2, 0.25) is 11.8 Å². The van der Waals surface area contributed by atoms with Crippen molar-refractivity contribution in [1.82, 2.24) is 15.5 Å². The molecule has 2 saturated heterocycles. The monoisotopic (exact) mass is 424 g/mol. The van der Waals surface area contributed by atoms with Crippen molar-refractivity contribution in [1.29, 1.82) is 0 Å². The van der Waals surface area contributed by atoms with E-state index in [0.717, 1.165) is 56.8 Å². The summed E-state index contributed by atoms with van der Waals surface area (Å²) < 4.78 is 5.42. The van der Waals surface area contributed by atoms with E-state index in [1.54, 1.807) is 0 Å². The fraction of sp³-hybridized carbons (Fsp3) is 0.619. The maximum absolute atomic E-state index is 12.4. The van der Waals surface area contributed by atoms with Gasteiger partial charge in [0, 0.05) is 18.8 Å². The van der Waals surface area contributed by atoms with Crippen LogP contribution in [-0.4, -0.2) is 62.1 Å². The zero-order valence-electron chi connectivity index (χ0n) is 17.1. The van der Waals surface area contributed by atoms with Crippen LogP contribution in [0.4, 0.5) is 5.69 Å². The molecule has 2 aliphatic heterocycles. The van der Waals surface area contributed by atoms with Gasteiger partial charge in [0.25, 0.3) is 0 Å². The average molecular weight is 425 g/mol. The van der Waals surface area contributed by atoms with Gasteiger partial charge in [0.15, 0.2) is 0 Å². The van der Waals surface area contributed by atoms with Crippen molar-refractivity contribution in [2.45, 2.75) is 38.6 Å². The van der Waals surface area contributed by atoms with Crippen LogP contribution < -0.4 is 20.7 Å². The Morgan fingerprint density at radius 2 is 2.00 bits per heavy atom. The van der Waals surface area contributed by atoms with Crippen molar-refractivity contribution in [3.8, 4) is 5.75 Å². The molecule has 0 radical (unpaired) electrons. The van der Waals surface area contributed by atoms with Crippen LogP contribution >= 0.6 is 12.4 Å². The van der Waals surface area contributed by atoms with Crippen molar-refractivity contribution in [2.24, 2.45) is 5.92 Å². The highest BCUT2D eigenvalue weighted by molar-refractivity contribution is 5.92. The lowest BCUT2D eigenvalue weighted by molar-refractivity contribution is -0.123. The van der Waals surface area contributed by atoms with Crippen LogP contribution in [-0.2, 0) is 9.59 Å². The minimum absolute atomic E-state index is 0. The Labute approximate surface area is 179 Å². The number of rotatable bonds is 8. The first-order valence-corrected chi connectivity index (χ1v) is 10.4. The zero-order chi connectivity index (χ0) is 19.8. The van der Waals surface area contributed by atoms with Crippen LogP contribution in [0.25, 0.3) is 0 Å². The summed E-state index contributed by atoms with van der Waals surface area (Å²) in [5, 5.41) is 9.26. The van der Waals surface area contributed by atoms with Gasteiger partial charge in [0.05, 0.1) is 19.2 Å². The maximum Gasteiger partial charge on any atom is 0.238 e. The molecule has 3 rings (SSSR count). The number of anilines is 1. The summed E-state index contributed by atoms with van der Waals surface area (Å²) in [6, 6.07) is 7.40. The van der Waals surface area contributed by atoms with Gasteiger partial charge in [-0.2, -0.15) is 0 Å². The molecule has 0 aromatic heterocycles. The number of nitrogens with zero attached hydrogens (tertiary/aromatic N) is 1. The second-order valence-corrected chi connectivity index (χ2v) is 7.64. The highest BCUT2D eigenvalue weighted by Gasteiger charge is 2.25. The summed E-state index contributed by atoms with van der Waals surface area (Å²) in [5.74, 6) is 1.30. The van der Waals surface area contributed by atoms with Crippen LogP contribution in [0.2, 0.25) is 0 Å². The standard InChI is InChI=1S/C21H32N4O3.ClH/c1-2-28-18-9-7-17(8-10-18)24-20(26)15-25-12-4-5-16(14-25)13-23-21(27)19-6-3-11-22-19;/h7-10,16,19,22H,2-6,11-15H2,1H3,(H,23,27)(H,24,26);1H. The van der Waals surface area contributed by atoms with E-state index in [-0.39, 0.29) is 30.3 Å². The Morgan fingerprint density at radius 3 is 2.69 bits per heavy atom. The van der Waals surface area contributed by atoms with Crippen LogP contribution in [0.5, 0.6) is 5.75 Å². The van der Waals surface area contributed by atoms with E-state index in [0.29, 0.717) is 25.6 Å². The zero-order valence-corrected chi connectivity index (χ0v) is 17.9. The molecular weight excluding hydrogens is 392 g/mol. The van der Waals surface area contributed by atoms with E-state index in [1.807, 2.05) is 31.2 Å². The van der Waals surface area contributed by atoms with Gasteiger partial charge >= 0.3 is 0 Å². The van der Waals surface area contributed by atoms with Crippen molar-refractivity contribution in [3.05, 3.63) is 24.3 Å². The number of nitrogens with one attached hydrogen (secondary N) is 3. The lowest BCUT2D eigenvalue weighted by atomic mass is 9.98. The second kappa shape index (κ2) is 12.0. The molecule has 2 unspecified atom stereocenters. The summed E-state index contributed by atoms with van der Waals surface area (Å²) in [5.41, 5.74) is 0.776. The molecule has 0 spiro atoms. The van der Waals surface area contributed by atoms with Crippen LogP contribution in [0.15, 0.2) is 24.3 Å². The molecule has 0 aliphatic carbocycles. The van der Waals surface area contributed by atoms with E-state index in [4.69, 9.17) is 4.74 Å². The Bertz CT molecular complexity index is 650. The number of hydrogen-bond donors (Lipinski definition) is 3. The first kappa shape index (κ1) is 23.4. The van der Waals surface area contributed by atoms with E-state index >= 15 is 0 Å². The van der Waals surface area contributed by atoms with Crippen molar-refractivity contribution >= 4 is 29.9 Å². The van der Waals surface area contributed by atoms with Gasteiger partial charge in [0.1, 0.15) is 5.75 Å². The lowest BCUT2D eigenvalue weighted by Gasteiger charge is -2.32. The number of hydrogen-bond acceptors (Lipinski definition) is 5. The van der Waals surface area contributed by atoms with E-state index < -0.39 is 0 Å². The topological polar surface area (TPSA) is 82.7 Å². The van der Waals surface area contributed by atoms with Crippen molar-refractivity contribution < 1.29 is 14.3 Å². The molecule has 2 aliphatic rings. The van der Waals surface area contributed by atoms with E-state index in [2.05, 4.69) is 20.9 Å². The molecule has 0 saturated carbocycles. The van der Waals surface area contributed by atoms with Gasteiger partial charge in [-0.05, 0) is 75.9 Å². The first-order valence-electron chi connectivity index (χ1n) is 10.4. The molecule has 2 heterocycles. The van der Waals surface area contributed by atoms with Gasteiger partial charge in [-0.15, -0.1) is 12.4 Å². The molecule has 162 valence electrons. The lowest BCUT2D eigenvalue weighted by Crippen LogP contribution is -2.46. The Morgan fingerprint density at radius 1 is 1.21 bits per heavy atom. The third-order valence-corrected chi connectivity index (χ3v) is 5.36. The maximum atomic E-state index is 12.4. The fourth-order valence-corrected chi connectivity index (χ4v) is 3.94. The molecule has 8 heteroatoms. The number of benzene rings is 1. The molecule has 2 fully saturated rings. The minimum Gasteiger partial charge on any atom is -0.494 e. The molecule has 7 nitrogen and oxygen atoms in total. The Hall–Kier alpha value is -1.83. The van der Waals surface area contributed by atoms with E-state index in [9.17, 15) is 9.59 Å². The number of piperidine rings is 1. The smallest absolute Gasteiger partial charge is 0.238 e. The number of likely N-dealkylation sites (tertiary alicyclic amines) is 1. The quantitative estimate of drug-likeness (QED) is 0.594. The van der Waals surface area contributed by atoms with Crippen molar-refractivity contribution in [3.63, 3.8) is 0 Å². The molecule has 2 atom stereocenters. The molecule has 1 aromatic carbocycles. The van der Waals surface area contributed by atoms with Gasteiger partial charge < -0.3 is 20.7 Å². The normalized spacial score (nSPS) is 21.8. The van der Waals surface area contributed by atoms with Gasteiger partial charge in [-0.3, -0.25) is 14.5 Å². The Balaban J connectivity index is 0.00000300. The molecule has 3 N–H and O–H groups in total. The highest BCUT2D eigenvalue weighted by atomic mass is 35.5. The third-order valence-electron chi connectivity index (χ3n) is 5.36. The summed E-state index contributed by atoms with van der Waals surface area (Å²) in [6.45, 7) is 6.33. The van der Waals surface area contributed by atoms with Crippen LogP contribution in [0.3, 0.4) is 0 Å². The molecule has 29 heavy (non-hydrogen) atoms. The second-order valence-electron chi connectivity index (χ2n) is 7.64. The van der Waals surface area contributed by atoms with Gasteiger partial charge in [-0.25, -0.2) is 0 Å². The predicted octanol–water partition coefficient (Wildman–Crippen LogP) is 2.03. The average Bonchev–Trinajstić information content (AvgIpc) is 3.23. The molecule has 1 aromatic rings. The predicted molar refractivity (Wildman–Crippen MR) is 117 cm³/mol. The minimum atomic E-state index is -0.0282. The molecule has 2 amide bonds. The summed E-state index contributed by atoms with van der Waals surface area (Å²) in [4.78, 5) is 26.7. The third kappa shape index (κ3) is 7.49. The van der Waals surface area contributed by atoms with Crippen molar-refractivity contribution in [2.75, 3.05) is 44.6 Å². The number of amides is 2. The number of carbonyl (C=O) groups excluding carboxylic acids is 2. The summed E-state index contributed by atoms with van der Waals surface area (Å²) >= 11 is 0. The van der Waals surface area contributed by atoms with E-state index in [1.165, 1.54) is 0 Å². The first-order chi connectivity index (χ1) is 13.6. The van der Waals surface area contributed by atoms with Gasteiger partial charge in [-0.1, -0.05) is 0 Å². The number of carbonyl (C=O) groups is 2. The Kier molecular flexibility index (Phi) is 9.70. The van der Waals surface area contributed by atoms with Crippen LogP contribution in [0, 0.1) is 5.92 Å².